The molecule has 0 amide bonds. The number of ketones is 1. The number of likely N-dealkylation sites (N-methyl/N-ethyl adjacent to an activating group) is 1. The molecule has 0 unspecified atom stereocenters. The minimum Gasteiger partial charge on any atom is -0.461 e. The molecule has 0 fully saturated rings. The van der Waals surface area contributed by atoms with Crippen LogP contribution < -0.4 is 0 Å². The Kier molecular flexibility index (Phi) is 4.18. The van der Waals surface area contributed by atoms with Gasteiger partial charge in [-0.15, -0.1) is 0 Å². The molecule has 0 radical (unpaired) electrons. The van der Waals surface area contributed by atoms with Crippen molar-refractivity contribution in [2.45, 2.75) is 6.54 Å². The first kappa shape index (κ1) is 12.9. The molecule has 0 saturated heterocycles. The SMILES string of the molecule is CN(CC(=O)c1ccco1)Cc1ccccc1Cl. The first-order valence-corrected chi connectivity index (χ1v) is 6.03. The smallest absolute Gasteiger partial charge is 0.211 e. The van der Waals surface area contributed by atoms with E-state index in [1.165, 1.54) is 6.26 Å². The van der Waals surface area contributed by atoms with Crippen LogP contribution in [0.3, 0.4) is 0 Å². The van der Waals surface area contributed by atoms with E-state index in [-0.39, 0.29) is 5.78 Å². The highest BCUT2D eigenvalue weighted by Gasteiger charge is 2.12. The van der Waals surface area contributed by atoms with Crippen molar-refractivity contribution in [2.24, 2.45) is 0 Å². The summed E-state index contributed by atoms with van der Waals surface area (Å²) in [5.41, 5.74) is 1.01. The van der Waals surface area contributed by atoms with Gasteiger partial charge in [-0.25, -0.2) is 0 Å². The van der Waals surface area contributed by atoms with E-state index in [9.17, 15) is 4.79 Å². The Balaban J connectivity index is 1.95. The van der Waals surface area contributed by atoms with Crippen molar-refractivity contribution in [1.82, 2.24) is 4.90 Å². The summed E-state index contributed by atoms with van der Waals surface area (Å²) in [5, 5.41) is 0.717. The lowest BCUT2D eigenvalue weighted by molar-refractivity contribution is 0.0915. The zero-order valence-corrected chi connectivity index (χ0v) is 10.9. The summed E-state index contributed by atoms with van der Waals surface area (Å²) >= 11 is 6.07. The molecule has 94 valence electrons. The molecular formula is C14H14ClNO2. The first-order chi connectivity index (χ1) is 8.66. The fourth-order valence-electron chi connectivity index (χ4n) is 1.73. The van der Waals surface area contributed by atoms with E-state index in [4.69, 9.17) is 16.0 Å². The van der Waals surface area contributed by atoms with Gasteiger partial charge in [-0.3, -0.25) is 9.69 Å². The molecule has 18 heavy (non-hydrogen) atoms. The maximum absolute atomic E-state index is 11.8. The molecule has 4 heteroatoms. The molecule has 0 aliphatic rings. The summed E-state index contributed by atoms with van der Waals surface area (Å²) in [7, 11) is 1.88. The molecule has 0 saturated carbocycles. The van der Waals surface area contributed by atoms with Crippen LogP contribution in [0.2, 0.25) is 5.02 Å². The van der Waals surface area contributed by atoms with Crippen LogP contribution >= 0.6 is 11.6 Å². The van der Waals surface area contributed by atoms with Gasteiger partial charge in [-0.2, -0.15) is 0 Å². The highest BCUT2D eigenvalue weighted by molar-refractivity contribution is 6.31. The average molecular weight is 264 g/mol. The van der Waals surface area contributed by atoms with Gasteiger partial charge in [-0.05, 0) is 30.8 Å². The summed E-state index contributed by atoms with van der Waals surface area (Å²) in [5.74, 6) is 0.357. The van der Waals surface area contributed by atoms with E-state index in [0.717, 1.165) is 10.6 Å². The van der Waals surface area contributed by atoms with E-state index in [2.05, 4.69) is 0 Å². The number of rotatable bonds is 5. The van der Waals surface area contributed by atoms with Crippen molar-refractivity contribution in [2.75, 3.05) is 13.6 Å². The molecule has 0 spiro atoms. The zero-order valence-electron chi connectivity index (χ0n) is 10.1. The van der Waals surface area contributed by atoms with Gasteiger partial charge in [0.25, 0.3) is 0 Å². The Labute approximate surface area is 111 Å². The zero-order chi connectivity index (χ0) is 13.0. The highest BCUT2D eigenvalue weighted by Crippen LogP contribution is 2.16. The number of benzene rings is 1. The Morgan fingerprint density at radius 3 is 2.72 bits per heavy atom. The molecule has 2 aromatic rings. The van der Waals surface area contributed by atoms with Crippen LogP contribution in [0.15, 0.2) is 47.1 Å². The maximum Gasteiger partial charge on any atom is 0.211 e. The minimum absolute atomic E-state index is 0.0328. The number of carbonyl (C=O) groups is 1. The second kappa shape index (κ2) is 5.85. The van der Waals surface area contributed by atoms with Crippen LogP contribution in [-0.4, -0.2) is 24.3 Å². The number of hydrogen-bond donors (Lipinski definition) is 0. The summed E-state index contributed by atoms with van der Waals surface area (Å²) < 4.78 is 5.07. The third-order valence-electron chi connectivity index (χ3n) is 2.61. The first-order valence-electron chi connectivity index (χ1n) is 5.65. The predicted molar refractivity (Wildman–Crippen MR) is 70.8 cm³/mol. The van der Waals surface area contributed by atoms with Gasteiger partial charge in [0, 0.05) is 11.6 Å². The number of halogens is 1. The van der Waals surface area contributed by atoms with Gasteiger partial charge in [0.1, 0.15) is 0 Å². The van der Waals surface area contributed by atoms with Crippen LogP contribution in [0.1, 0.15) is 16.1 Å². The van der Waals surface area contributed by atoms with E-state index in [1.807, 2.05) is 36.2 Å². The van der Waals surface area contributed by atoms with Crippen molar-refractivity contribution in [3.63, 3.8) is 0 Å². The molecule has 1 heterocycles. The molecule has 0 atom stereocenters. The normalized spacial score (nSPS) is 10.8. The van der Waals surface area contributed by atoms with Crippen LogP contribution in [0.4, 0.5) is 0 Å². The van der Waals surface area contributed by atoms with Gasteiger partial charge in [0.2, 0.25) is 5.78 Å². The van der Waals surface area contributed by atoms with Crippen molar-refractivity contribution < 1.29 is 9.21 Å². The van der Waals surface area contributed by atoms with E-state index >= 15 is 0 Å². The molecule has 1 aromatic carbocycles. The largest absolute Gasteiger partial charge is 0.461 e. The lowest BCUT2D eigenvalue weighted by atomic mass is 10.2. The Morgan fingerprint density at radius 2 is 2.06 bits per heavy atom. The Morgan fingerprint density at radius 1 is 1.28 bits per heavy atom. The molecule has 0 aliphatic carbocycles. The second-order valence-electron chi connectivity index (χ2n) is 4.16. The van der Waals surface area contributed by atoms with Gasteiger partial charge in [0.05, 0.1) is 12.8 Å². The second-order valence-corrected chi connectivity index (χ2v) is 4.57. The highest BCUT2D eigenvalue weighted by atomic mass is 35.5. The Hall–Kier alpha value is -1.58. The standard InChI is InChI=1S/C14H14ClNO2/c1-16(9-11-5-2-3-6-12(11)15)10-13(17)14-7-4-8-18-14/h2-8H,9-10H2,1H3. The van der Waals surface area contributed by atoms with Crippen molar-refractivity contribution >= 4 is 17.4 Å². The van der Waals surface area contributed by atoms with Crippen molar-refractivity contribution in [3.05, 3.63) is 59.0 Å². The van der Waals surface area contributed by atoms with Crippen LogP contribution in [0.5, 0.6) is 0 Å². The van der Waals surface area contributed by atoms with Gasteiger partial charge in [-0.1, -0.05) is 29.8 Å². The van der Waals surface area contributed by atoms with Gasteiger partial charge < -0.3 is 4.42 Å². The van der Waals surface area contributed by atoms with E-state index in [1.54, 1.807) is 12.1 Å². The lowest BCUT2D eigenvalue weighted by Crippen LogP contribution is -2.25. The molecule has 0 aliphatic heterocycles. The minimum atomic E-state index is -0.0328. The topological polar surface area (TPSA) is 33.5 Å². The number of hydrogen-bond acceptors (Lipinski definition) is 3. The van der Waals surface area contributed by atoms with Crippen LogP contribution in [-0.2, 0) is 6.54 Å². The van der Waals surface area contributed by atoms with E-state index in [0.29, 0.717) is 18.8 Å². The molecule has 1 aromatic heterocycles. The summed E-state index contributed by atoms with van der Waals surface area (Å²) in [6, 6.07) is 11.0. The van der Waals surface area contributed by atoms with Crippen LogP contribution in [0.25, 0.3) is 0 Å². The fraction of sp³-hybridized carbons (Fsp3) is 0.214. The summed E-state index contributed by atoms with van der Waals surface area (Å²) in [6.07, 6.45) is 1.50. The molecule has 3 nitrogen and oxygen atoms in total. The predicted octanol–water partition coefficient (Wildman–Crippen LogP) is 3.25. The number of carbonyl (C=O) groups excluding carboxylic acids is 1. The number of nitrogens with zero attached hydrogens (tertiary/aromatic N) is 1. The molecule has 2 rings (SSSR count). The maximum atomic E-state index is 11.8. The van der Waals surface area contributed by atoms with Crippen molar-refractivity contribution in [3.8, 4) is 0 Å². The quantitative estimate of drug-likeness (QED) is 0.777. The van der Waals surface area contributed by atoms with Gasteiger partial charge in [0.15, 0.2) is 5.76 Å². The third-order valence-corrected chi connectivity index (χ3v) is 2.98. The molecular weight excluding hydrogens is 250 g/mol. The Bertz CT molecular complexity index is 522. The van der Waals surface area contributed by atoms with E-state index < -0.39 is 0 Å². The molecule has 0 bridgehead atoms. The number of Topliss-reactive ketones (excluding diaryl/α,β-unsaturated/α-hetero) is 1. The van der Waals surface area contributed by atoms with Crippen molar-refractivity contribution in [1.29, 1.82) is 0 Å². The van der Waals surface area contributed by atoms with Gasteiger partial charge >= 0.3 is 0 Å². The fourth-order valence-corrected chi connectivity index (χ4v) is 1.93. The summed E-state index contributed by atoms with van der Waals surface area (Å²) in [6.45, 7) is 0.935. The monoisotopic (exact) mass is 263 g/mol. The number of furan rings is 1. The summed E-state index contributed by atoms with van der Waals surface area (Å²) in [4.78, 5) is 13.7. The van der Waals surface area contributed by atoms with Crippen LogP contribution in [0, 0.1) is 0 Å². The average Bonchev–Trinajstić information content (AvgIpc) is 2.85. The third kappa shape index (κ3) is 3.22. The molecule has 0 N–H and O–H groups in total. The lowest BCUT2D eigenvalue weighted by Gasteiger charge is -2.15.